The molecular weight excluding hydrogens is 346 g/mol. The Balaban J connectivity index is 1.80. The normalized spacial score (nSPS) is 11.3. The van der Waals surface area contributed by atoms with Crippen LogP contribution in [0.25, 0.3) is 10.9 Å². The average Bonchev–Trinajstić information content (AvgIpc) is 2.68. The zero-order valence-corrected chi connectivity index (χ0v) is 16.8. The summed E-state index contributed by atoms with van der Waals surface area (Å²) >= 11 is 1.83. The van der Waals surface area contributed by atoms with Gasteiger partial charge in [-0.05, 0) is 55.2 Å². The lowest BCUT2D eigenvalue weighted by molar-refractivity contribution is 1.11. The van der Waals surface area contributed by atoms with E-state index in [0.717, 1.165) is 10.5 Å². The molecule has 0 aliphatic rings. The fourth-order valence-corrected chi connectivity index (χ4v) is 4.80. The summed E-state index contributed by atoms with van der Waals surface area (Å²) in [5, 5.41) is 2.56. The van der Waals surface area contributed by atoms with E-state index in [2.05, 4.69) is 99.6 Å². The minimum absolute atomic E-state index is 0.225. The lowest BCUT2D eigenvalue weighted by atomic mass is 10.0. The minimum Gasteiger partial charge on any atom is -0.241 e. The first-order chi connectivity index (χ1) is 13.1. The summed E-state index contributed by atoms with van der Waals surface area (Å²) in [7, 11) is 0. The van der Waals surface area contributed by atoms with Crippen molar-refractivity contribution in [3.8, 4) is 0 Å². The van der Waals surface area contributed by atoms with E-state index in [-0.39, 0.29) is 5.25 Å². The Morgan fingerprint density at radius 3 is 1.89 bits per heavy atom. The third-order valence-corrected chi connectivity index (χ3v) is 6.11. The van der Waals surface area contributed by atoms with Crippen molar-refractivity contribution in [3.05, 3.63) is 107 Å². The van der Waals surface area contributed by atoms with E-state index in [0.29, 0.717) is 0 Å². The molecule has 0 saturated carbocycles. The van der Waals surface area contributed by atoms with Crippen LogP contribution in [0, 0.1) is 20.8 Å². The lowest BCUT2D eigenvalue weighted by Crippen LogP contribution is -1.98. The standard InChI is InChI=1S/C25H23NS/c1-17-14-19(3)24-22(15-17)18(2)16-23(26-24)27-25(20-10-6-4-7-11-20)21-12-8-5-9-13-21/h4-16,25H,1-3H3. The summed E-state index contributed by atoms with van der Waals surface area (Å²) in [5.74, 6) is 0. The lowest BCUT2D eigenvalue weighted by Gasteiger charge is -2.18. The molecule has 2 heteroatoms. The number of hydrogen-bond donors (Lipinski definition) is 0. The van der Waals surface area contributed by atoms with Gasteiger partial charge < -0.3 is 0 Å². The Hall–Kier alpha value is -2.58. The SMILES string of the molecule is Cc1cc(C)c2nc(SC(c3ccccc3)c3ccccc3)cc(C)c2c1. The van der Waals surface area contributed by atoms with E-state index in [1.807, 2.05) is 11.8 Å². The second kappa shape index (κ2) is 7.58. The predicted molar refractivity (Wildman–Crippen MR) is 117 cm³/mol. The summed E-state index contributed by atoms with van der Waals surface area (Å²) in [6.07, 6.45) is 0. The van der Waals surface area contributed by atoms with Crippen molar-refractivity contribution < 1.29 is 0 Å². The minimum atomic E-state index is 0.225. The maximum absolute atomic E-state index is 5.03. The number of nitrogens with zero attached hydrogens (tertiary/aromatic N) is 1. The zero-order chi connectivity index (χ0) is 18.8. The fraction of sp³-hybridized carbons (Fsp3) is 0.160. The molecule has 0 spiro atoms. The maximum atomic E-state index is 5.03. The highest BCUT2D eigenvalue weighted by molar-refractivity contribution is 7.99. The smallest absolute Gasteiger partial charge is 0.0979 e. The van der Waals surface area contributed by atoms with Gasteiger partial charge in [-0.15, -0.1) is 0 Å². The highest BCUT2D eigenvalue weighted by Gasteiger charge is 2.17. The van der Waals surface area contributed by atoms with Crippen molar-refractivity contribution in [3.63, 3.8) is 0 Å². The van der Waals surface area contributed by atoms with Crippen molar-refractivity contribution >= 4 is 22.7 Å². The van der Waals surface area contributed by atoms with Crippen molar-refractivity contribution in [2.24, 2.45) is 0 Å². The summed E-state index contributed by atoms with van der Waals surface area (Å²) in [5.41, 5.74) is 7.53. The van der Waals surface area contributed by atoms with Crippen molar-refractivity contribution in [2.75, 3.05) is 0 Å². The third-order valence-electron chi connectivity index (χ3n) is 4.87. The van der Waals surface area contributed by atoms with Gasteiger partial charge in [0.05, 0.1) is 15.8 Å². The van der Waals surface area contributed by atoms with Crippen LogP contribution in [0.1, 0.15) is 33.1 Å². The number of rotatable bonds is 4. The van der Waals surface area contributed by atoms with Crippen molar-refractivity contribution in [2.45, 2.75) is 31.0 Å². The Morgan fingerprint density at radius 2 is 1.30 bits per heavy atom. The van der Waals surface area contributed by atoms with Gasteiger partial charge in [-0.3, -0.25) is 0 Å². The molecule has 0 atom stereocenters. The molecule has 0 N–H and O–H groups in total. The van der Waals surface area contributed by atoms with Crippen LogP contribution >= 0.6 is 11.8 Å². The molecule has 3 aromatic carbocycles. The molecule has 0 bridgehead atoms. The molecule has 0 radical (unpaired) electrons. The van der Waals surface area contributed by atoms with Gasteiger partial charge in [-0.1, -0.05) is 84.1 Å². The summed E-state index contributed by atoms with van der Waals surface area (Å²) in [6, 6.07) is 28.1. The predicted octanol–water partition coefficient (Wildman–Crippen LogP) is 7.04. The molecule has 0 saturated heterocycles. The van der Waals surface area contributed by atoms with E-state index in [9.17, 15) is 0 Å². The largest absolute Gasteiger partial charge is 0.241 e. The Morgan fingerprint density at radius 1 is 0.704 bits per heavy atom. The quantitative estimate of drug-likeness (QED) is 0.358. The number of hydrogen-bond acceptors (Lipinski definition) is 2. The van der Waals surface area contributed by atoms with Crippen LogP contribution in [0.5, 0.6) is 0 Å². The highest BCUT2D eigenvalue weighted by Crippen LogP contribution is 2.40. The number of benzene rings is 3. The molecule has 1 nitrogen and oxygen atoms in total. The summed E-state index contributed by atoms with van der Waals surface area (Å²) in [6.45, 7) is 6.49. The van der Waals surface area contributed by atoms with Gasteiger partial charge in [0, 0.05) is 5.39 Å². The fourth-order valence-electron chi connectivity index (χ4n) is 3.58. The second-order valence-electron chi connectivity index (χ2n) is 7.07. The first-order valence-corrected chi connectivity index (χ1v) is 10.1. The Kier molecular flexibility index (Phi) is 5.00. The third kappa shape index (κ3) is 3.77. The van der Waals surface area contributed by atoms with Gasteiger partial charge >= 0.3 is 0 Å². The molecule has 4 rings (SSSR count). The van der Waals surface area contributed by atoms with E-state index in [4.69, 9.17) is 4.98 Å². The number of aromatic nitrogens is 1. The van der Waals surface area contributed by atoms with E-state index < -0.39 is 0 Å². The van der Waals surface area contributed by atoms with Crippen LogP contribution in [0.2, 0.25) is 0 Å². The molecule has 0 amide bonds. The zero-order valence-electron chi connectivity index (χ0n) is 15.9. The molecule has 0 aliphatic carbocycles. The number of thioether (sulfide) groups is 1. The molecule has 27 heavy (non-hydrogen) atoms. The summed E-state index contributed by atoms with van der Waals surface area (Å²) < 4.78 is 0. The highest BCUT2D eigenvalue weighted by atomic mass is 32.2. The van der Waals surface area contributed by atoms with Gasteiger partial charge in [-0.2, -0.15) is 0 Å². The van der Waals surface area contributed by atoms with Gasteiger partial charge in [0.1, 0.15) is 0 Å². The van der Waals surface area contributed by atoms with Crippen molar-refractivity contribution in [1.29, 1.82) is 0 Å². The van der Waals surface area contributed by atoms with E-state index >= 15 is 0 Å². The van der Waals surface area contributed by atoms with Gasteiger partial charge in [0.2, 0.25) is 0 Å². The van der Waals surface area contributed by atoms with Crippen LogP contribution in [0.4, 0.5) is 0 Å². The number of fused-ring (bicyclic) bond motifs is 1. The van der Waals surface area contributed by atoms with Crippen LogP contribution < -0.4 is 0 Å². The van der Waals surface area contributed by atoms with Crippen LogP contribution in [0.3, 0.4) is 0 Å². The molecule has 0 aliphatic heterocycles. The van der Waals surface area contributed by atoms with Gasteiger partial charge in [-0.25, -0.2) is 4.98 Å². The molecule has 1 aromatic heterocycles. The average molecular weight is 370 g/mol. The molecule has 0 fully saturated rings. The molecule has 0 unspecified atom stereocenters. The molecule has 4 aromatic rings. The van der Waals surface area contributed by atoms with E-state index in [1.165, 1.54) is 33.2 Å². The Bertz CT molecular complexity index is 1030. The van der Waals surface area contributed by atoms with Crippen molar-refractivity contribution in [1.82, 2.24) is 4.98 Å². The van der Waals surface area contributed by atoms with Crippen LogP contribution in [-0.4, -0.2) is 4.98 Å². The summed E-state index contributed by atoms with van der Waals surface area (Å²) in [4.78, 5) is 5.03. The second-order valence-corrected chi connectivity index (χ2v) is 8.20. The topological polar surface area (TPSA) is 12.9 Å². The maximum Gasteiger partial charge on any atom is 0.0979 e. The molecule has 134 valence electrons. The first kappa shape index (κ1) is 17.8. The van der Waals surface area contributed by atoms with Gasteiger partial charge in [0.15, 0.2) is 0 Å². The number of aryl methyl sites for hydroxylation is 3. The molecule has 1 heterocycles. The Labute approximate surface area is 165 Å². The van der Waals surface area contributed by atoms with Crippen LogP contribution in [-0.2, 0) is 0 Å². The van der Waals surface area contributed by atoms with Gasteiger partial charge in [0.25, 0.3) is 0 Å². The molecular formula is C25H23NS. The van der Waals surface area contributed by atoms with Crippen LogP contribution in [0.15, 0.2) is 83.9 Å². The monoisotopic (exact) mass is 369 g/mol. The number of pyridine rings is 1. The van der Waals surface area contributed by atoms with E-state index in [1.54, 1.807) is 0 Å². The first-order valence-electron chi connectivity index (χ1n) is 9.27.